The Morgan fingerprint density at radius 3 is 2.14 bits per heavy atom. The zero-order chi connectivity index (χ0) is 10.6. The first-order chi connectivity index (χ1) is 6.70. The highest BCUT2D eigenvalue weighted by Gasteiger charge is 2.07. The Bertz CT molecular complexity index is 271. The van der Waals surface area contributed by atoms with Crippen molar-refractivity contribution in [2.45, 2.75) is 46.5 Å². The van der Waals surface area contributed by atoms with Crippen LogP contribution in [0.2, 0.25) is 0 Å². The highest BCUT2D eigenvalue weighted by molar-refractivity contribution is 5.54. The zero-order valence-corrected chi connectivity index (χ0v) is 9.56. The van der Waals surface area contributed by atoms with Crippen molar-refractivity contribution < 1.29 is 0 Å². The summed E-state index contributed by atoms with van der Waals surface area (Å²) in [6.07, 6.45) is 4.64. The molecule has 0 aliphatic rings. The minimum absolute atomic E-state index is 0.973. The molecule has 78 valence electrons. The minimum Gasteiger partial charge on any atom is -0.398 e. The number of benzene rings is 1. The topological polar surface area (TPSA) is 26.0 Å². The quantitative estimate of drug-likeness (QED) is 0.724. The first kappa shape index (κ1) is 11.1. The Morgan fingerprint density at radius 1 is 1.00 bits per heavy atom. The Hall–Kier alpha value is -0.980. The van der Waals surface area contributed by atoms with Gasteiger partial charge in [0.2, 0.25) is 0 Å². The Kier molecular flexibility index (Phi) is 3.99. The molecule has 0 aliphatic heterocycles. The maximum Gasteiger partial charge on any atom is 0.0349 e. The van der Waals surface area contributed by atoms with Crippen molar-refractivity contribution >= 4 is 5.69 Å². The molecule has 0 atom stereocenters. The number of hydrogen-bond donors (Lipinski definition) is 1. The van der Waals surface area contributed by atoms with Crippen LogP contribution in [0.25, 0.3) is 0 Å². The van der Waals surface area contributed by atoms with E-state index in [0.29, 0.717) is 0 Å². The van der Waals surface area contributed by atoms with Gasteiger partial charge < -0.3 is 5.73 Å². The molecule has 0 fully saturated rings. The molecule has 0 heterocycles. The molecule has 1 aromatic rings. The summed E-state index contributed by atoms with van der Waals surface area (Å²) in [7, 11) is 0. The maximum absolute atomic E-state index is 6.01. The van der Waals surface area contributed by atoms with Crippen LogP contribution in [0, 0.1) is 6.92 Å². The Balaban J connectivity index is 3.12. The van der Waals surface area contributed by atoms with Crippen LogP contribution in [0.4, 0.5) is 5.69 Å². The molecule has 1 heteroatoms. The van der Waals surface area contributed by atoms with Crippen LogP contribution in [0.1, 0.15) is 43.4 Å². The molecule has 0 saturated carbocycles. The summed E-state index contributed by atoms with van der Waals surface area (Å²) in [5.41, 5.74) is 11.2. The minimum atomic E-state index is 0.973. The third kappa shape index (κ3) is 2.28. The predicted octanol–water partition coefficient (Wildman–Crippen LogP) is 3.48. The molecule has 0 aromatic heterocycles. The van der Waals surface area contributed by atoms with Crippen LogP contribution in [0.5, 0.6) is 0 Å². The Labute approximate surface area is 87.3 Å². The smallest absolute Gasteiger partial charge is 0.0349 e. The van der Waals surface area contributed by atoms with E-state index in [9.17, 15) is 0 Å². The van der Waals surface area contributed by atoms with Crippen LogP contribution >= 0.6 is 0 Å². The van der Waals surface area contributed by atoms with Crippen molar-refractivity contribution in [3.63, 3.8) is 0 Å². The van der Waals surface area contributed by atoms with E-state index >= 15 is 0 Å². The molecular weight excluding hydrogens is 170 g/mol. The van der Waals surface area contributed by atoms with Gasteiger partial charge in [0.05, 0.1) is 0 Å². The number of nitrogens with two attached hydrogens (primary N) is 1. The Morgan fingerprint density at radius 2 is 1.57 bits per heavy atom. The fourth-order valence-corrected chi connectivity index (χ4v) is 1.97. The second kappa shape index (κ2) is 5.04. The summed E-state index contributed by atoms with van der Waals surface area (Å²) in [5.74, 6) is 0. The van der Waals surface area contributed by atoms with E-state index in [1.807, 2.05) is 6.07 Å². The van der Waals surface area contributed by atoms with Crippen molar-refractivity contribution in [1.29, 1.82) is 0 Å². The van der Waals surface area contributed by atoms with Crippen molar-refractivity contribution in [2.75, 3.05) is 5.73 Å². The summed E-state index contributed by atoms with van der Waals surface area (Å²) in [6, 6.07) is 4.18. The van der Waals surface area contributed by atoms with Gasteiger partial charge in [-0.2, -0.15) is 0 Å². The van der Waals surface area contributed by atoms with Gasteiger partial charge in [-0.15, -0.1) is 0 Å². The molecule has 1 rings (SSSR count). The van der Waals surface area contributed by atoms with Gasteiger partial charge in [-0.25, -0.2) is 0 Å². The van der Waals surface area contributed by atoms with Crippen LogP contribution in [0.3, 0.4) is 0 Å². The SMILES string of the molecule is CCCc1c(C)ccc(N)c1CCC. The number of hydrogen-bond acceptors (Lipinski definition) is 1. The summed E-state index contributed by atoms with van der Waals surface area (Å²) in [5, 5.41) is 0. The number of rotatable bonds is 4. The van der Waals surface area contributed by atoms with Gasteiger partial charge in [0.15, 0.2) is 0 Å². The third-order valence-electron chi connectivity index (χ3n) is 2.70. The first-order valence-electron chi connectivity index (χ1n) is 5.57. The lowest BCUT2D eigenvalue weighted by molar-refractivity contribution is 0.856. The molecule has 1 nitrogen and oxygen atoms in total. The van der Waals surface area contributed by atoms with Crippen LogP contribution in [-0.4, -0.2) is 0 Å². The lowest BCUT2D eigenvalue weighted by Crippen LogP contribution is -2.02. The number of nitrogen functional groups attached to an aromatic ring is 1. The van der Waals surface area contributed by atoms with Crippen molar-refractivity contribution in [1.82, 2.24) is 0 Å². The molecule has 0 aliphatic carbocycles. The van der Waals surface area contributed by atoms with Gasteiger partial charge in [0.25, 0.3) is 0 Å². The molecule has 14 heavy (non-hydrogen) atoms. The maximum atomic E-state index is 6.01. The molecular formula is C13H21N. The number of anilines is 1. The van der Waals surface area contributed by atoms with Gasteiger partial charge >= 0.3 is 0 Å². The summed E-state index contributed by atoms with van der Waals surface area (Å²) >= 11 is 0. The van der Waals surface area contributed by atoms with Crippen LogP contribution < -0.4 is 5.73 Å². The van der Waals surface area contributed by atoms with E-state index in [4.69, 9.17) is 5.73 Å². The number of aryl methyl sites for hydroxylation is 1. The summed E-state index contributed by atoms with van der Waals surface area (Å²) < 4.78 is 0. The monoisotopic (exact) mass is 191 g/mol. The fraction of sp³-hybridized carbons (Fsp3) is 0.538. The molecule has 0 spiro atoms. The van der Waals surface area contributed by atoms with E-state index in [0.717, 1.165) is 18.5 Å². The molecule has 0 unspecified atom stereocenters. The van der Waals surface area contributed by atoms with Gasteiger partial charge in [0, 0.05) is 5.69 Å². The molecule has 0 amide bonds. The second-order valence-corrected chi connectivity index (χ2v) is 3.93. The average Bonchev–Trinajstić information content (AvgIpc) is 2.17. The average molecular weight is 191 g/mol. The van der Waals surface area contributed by atoms with Gasteiger partial charge in [-0.3, -0.25) is 0 Å². The first-order valence-corrected chi connectivity index (χ1v) is 5.57. The van der Waals surface area contributed by atoms with Gasteiger partial charge in [-0.05, 0) is 42.5 Å². The van der Waals surface area contributed by atoms with E-state index < -0.39 is 0 Å². The third-order valence-corrected chi connectivity index (χ3v) is 2.70. The van der Waals surface area contributed by atoms with Crippen molar-refractivity contribution in [3.8, 4) is 0 Å². The summed E-state index contributed by atoms with van der Waals surface area (Å²) in [6.45, 7) is 6.61. The second-order valence-electron chi connectivity index (χ2n) is 3.93. The fourth-order valence-electron chi connectivity index (χ4n) is 1.97. The zero-order valence-electron chi connectivity index (χ0n) is 9.56. The molecule has 1 aromatic carbocycles. The van der Waals surface area contributed by atoms with Gasteiger partial charge in [0.1, 0.15) is 0 Å². The highest BCUT2D eigenvalue weighted by Crippen LogP contribution is 2.23. The molecule has 0 bridgehead atoms. The predicted molar refractivity (Wildman–Crippen MR) is 63.6 cm³/mol. The van der Waals surface area contributed by atoms with Crippen molar-refractivity contribution in [2.24, 2.45) is 0 Å². The molecule has 0 saturated heterocycles. The van der Waals surface area contributed by atoms with Crippen LogP contribution in [-0.2, 0) is 12.8 Å². The van der Waals surface area contributed by atoms with E-state index in [1.165, 1.54) is 29.5 Å². The van der Waals surface area contributed by atoms with Gasteiger partial charge in [-0.1, -0.05) is 32.8 Å². The lowest BCUT2D eigenvalue weighted by atomic mass is 9.94. The van der Waals surface area contributed by atoms with E-state index in [2.05, 4.69) is 26.8 Å². The largest absolute Gasteiger partial charge is 0.398 e. The van der Waals surface area contributed by atoms with E-state index in [-0.39, 0.29) is 0 Å². The van der Waals surface area contributed by atoms with Crippen molar-refractivity contribution in [3.05, 3.63) is 28.8 Å². The standard InChI is InChI=1S/C13H21N/c1-4-6-11-10(3)8-9-13(14)12(11)7-5-2/h8-9H,4-7,14H2,1-3H3. The molecule has 2 N–H and O–H groups in total. The normalized spacial score (nSPS) is 10.5. The van der Waals surface area contributed by atoms with Crippen LogP contribution in [0.15, 0.2) is 12.1 Å². The lowest BCUT2D eigenvalue weighted by Gasteiger charge is -2.14. The van der Waals surface area contributed by atoms with E-state index in [1.54, 1.807) is 0 Å². The molecule has 0 radical (unpaired) electrons. The highest BCUT2D eigenvalue weighted by atomic mass is 14.6. The summed E-state index contributed by atoms with van der Waals surface area (Å²) in [4.78, 5) is 0.